The maximum Gasteiger partial charge on any atom is 0.255 e. The molecule has 1 unspecified atom stereocenters. The van der Waals surface area contributed by atoms with E-state index in [9.17, 15) is 4.79 Å². The van der Waals surface area contributed by atoms with Crippen molar-refractivity contribution in [2.45, 2.75) is 46.1 Å². The number of hydrogen-bond donors (Lipinski definition) is 0. The van der Waals surface area contributed by atoms with Crippen LogP contribution in [0.5, 0.6) is 5.75 Å². The van der Waals surface area contributed by atoms with Gasteiger partial charge in [-0.2, -0.15) is 0 Å². The highest BCUT2D eigenvalue weighted by Crippen LogP contribution is 2.37. The van der Waals surface area contributed by atoms with Gasteiger partial charge in [0, 0.05) is 22.8 Å². The molecule has 0 aliphatic carbocycles. The SMILES string of the molecule is COc1ccc(-n2c(C3CCCCN3C(=O)c3c(C)cc(C)cc3C)nc3cc(Cl)ccc32)cc1. The number of aromatic nitrogens is 2. The van der Waals surface area contributed by atoms with E-state index in [1.165, 1.54) is 5.56 Å². The van der Waals surface area contributed by atoms with Crippen LogP contribution in [0.2, 0.25) is 5.02 Å². The Balaban J connectivity index is 1.66. The number of carbonyl (C=O) groups is 1. The van der Waals surface area contributed by atoms with Gasteiger partial charge in [-0.1, -0.05) is 29.3 Å². The van der Waals surface area contributed by atoms with Gasteiger partial charge >= 0.3 is 0 Å². The summed E-state index contributed by atoms with van der Waals surface area (Å²) in [4.78, 5) is 21.1. The number of piperidine rings is 1. The van der Waals surface area contributed by atoms with Gasteiger partial charge in [0.1, 0.15) is 11.6 Å². The molecule has 180 valence electrons. The van der Waals surface area contributed by atoms with Crippen LogP contribution in [0.1, 0.15) is 58.2 Å². The third-order valence-electron chi connectivity index (χ3n) is 6.93. The van der Waals surface area contributed by atoms with Gasteiger partial charge in [-0.3, -0.25) is 9.36 Å². The van der Waals surface area contributed by atoms with Gasteiger partial charge < -0.3 is 9.64 Å². The molecule has 1 amide bonds. The molecule has 1 fully saturated rings. The smallest absolute Gasteiger partial charge is 0.255 e. The number of nitrogens with zero attached hydrogens (tertiary/aromatic N) is 3. The Morgan fingerprint density at radius 1 is 1.00 bits per heavy atom. The van der Waals surface area contributed by atoms with Gasteiger partial charge in [-0.15, -0.1) is 0 Å². The quantitative estimate of drug-likeness (QED) is 0.312. The van der Waals surface area contributed by atoms with E-state index in [0.717, 1.165) is 64.2 Å². The van der Waals surface area contributed by atoms with E-state index >= 15 is 0 Å². The first-order chi connectivity index (χ1) is 16.9. The van der Waals surface area contributed by atoms with Gasteiger partial charge in [0.05, 0.1) is 24.2 Å². The lowest BCUT2D eigenvalue weighted by Gasteiger charge is -2.36. The Hall–Kier alpha value is -3.31. The fourth-order valence-electron chi connectivity index (χ4n) is 5.40. The topological polar surface area (TPSA) is 47.4 Å². The molecule has 0 saturated carbocycles. The van der Waals surface area contributed by atoms with Crippen LogP contribution in [0.25, 0.3) is 16.7 Å². The molecule has 6 heteroatoms. The van der Waals surface area contributed by atoms with Crippen LogP contribution < -0.4 is 4.74 Å². The van der Waals surface area contributed by atoms with Crippen LogP contribution in [0, 0.1) is 20.8 Å². The van der Waals surface area contributed by atoms with Crippen molar-refractivity contribution < 1.29 is 9.53 Å². The number of ether oxygens (including phenoxy) is 1. The summed E-state index contributed by atoms with van der Waals surface area (Å²) in [5.41, 5.74) is 6.78. The first-order valence-corrected chi connectivity index (χ1v) is 12.5. The molecule has 35 heavy (non-hydrogen) atoms. The van der Waals surface area contributed by atoms with Crippen molar-refractivity contribution >= 4 is 28.5 Å². The molecule has 0 radical (unpaired) electrons. The molecule has 1 aromatic heterocycles. The number of fused-ring (bicyclic) bond motifs is 1. The van der Waals surface area contributed by atoms with Crippen molar-refractivity contribution in [1.82, 2.24) is 14.5 Å². The molecule has 1 saturated heterocycles. The minimum absolute atomic E-state index is 0.0797. The zero-order valence-electron chi connectivity index (χ0n) is 20.6. The molecule has 5 rings (SSSR count). The normalized spacial score (nSPS) is 16.0. The summed E-state index contributed by atoms with van der Waals surface area (Å²) in [5, 5.41) is 0.644. The summed E-state index contributed by atoms with van der Waals surface area (Å²) in [6.45, 7) is 6.84. The van der Waals surface area contributed by atoms with Crippen LogP contribution in [-0.4, -0.2) is 34.0 Å². The highest BCUT2D eigenvalue weighted by Gasteiger charge is 2.34. The minimum Gasteiger partial charge on any atom is -0.497 e. The molecule has 0 spiro atoms. The summed E-state index contributed by atoms with van der Waals surface area (Å²) in [6, 6.07) is 17.8. The van der Waals surface area contributed by atoms with Gasteiger partial charge in [-0.05, 0) is 93.6 Å². The molecule has 5 nitrogen and oxygen atoms in total. The van der Waals surface area contributed by atoms with Gasteiger partial charge in [0.2, 0.25) is 0 Å². The second-order valence-corrected chi connectivity index (χ2v) is 9.86. The van der Waals surface area contributed by atoms with Crippen molar-refractivity contribution in [1.29, 1.82) is 0 Å². The molecule has 2 heterocycles. The van der Waals surface area contributed by atoms with Crippen molar-refractivity contribution in [3.05, 3.63) is 87.7 Å². The number of methoxy groups -OCH3 is 1. The number of hydrogen-bond acceptors (Lipinski definition) is 3. The maximum atomic E-state index is 14.0. The molecule has 0 N–H and O–H groups in total. The largest absolute Gasteiger partial charge is 0.497 e. The highest BCUT2D eigenvalue weighted by atomic mass is 35.5. The predicted octanol–water partition coefficient (Wildman–Crippen LogP) is 6.98. The second-order valence-electron chi connectivity index (χ2n) is 9.42. The Bertz CT molecular complexity index is 1380. The van der Waals surface area contributed by atoms with Crippen molar-refractivity contribution in [3.8, 4) is 11.4 Å². The lowest BCUT2D eigenvalue weighted by Crippen LogP contribution is -2.40. The zero-order valence-corrected chi connectivity index (χ0v) is 21.4. The number of amides is 1. The van der Waals surface area contributed by atoms with Gasteiger partial charge in [0.25, 0.3) is 5.91 Å². The monoisotopic (exact) mass is 487 g/mol. The first kappa shape index (κ1) is 23.4. The zero-order chi connectivity index (χ0) is 24.7. The summed E-state index contributed by atoms with van der Waals surface area (Å²) in [6.07, 6.45) is 2.90. The van der Waals surface area contributed by atoms with E-state index in [-0.39, 0.29) is 11.9 Å². The van der Waals surface area contributed by atoms with Crippen molar-refractivity contribution in [2.75, 3.05) is 13.7 Å². The van der Waals surface area contributed by atoms with E-state index in [1.807, 2.05) is 61.2 Å². The minimum atomic E-state index is -0.135. The number of rotatable bonds is 4. The Kier molecular flexibility index (Phi) is 6.28. The molecule has 1 aliphatic heterocycles. The maximum absolute atomic E-state index is 14.0. The fraction of sp³-hybridized carbons (Fsp3) is 0.310. The molecule has 4 aromatic rings. The summed E-state index contributed by atoms with van der Waals surface area (Å²) in [5.74, 6) is 1.74. The third kappa shape index (κ3) is 4.30. The lowest BCUT2D eigenvalue weighted by molar-refractivity contribution is 0.0597. The van der Waals surface area contributed by atoms with Crippen LogP contribution >= 0.6 is 11.6 Å². The number of likely N-dealkylation sites (tertiary alicyclic amines) is 1. The number of carbonyl (C=O) groups excluding carboxylic acids is 1. The first-order valence-electron chi connectivity index (χ1n) is 12.1. The predicted molar refractivity (Wildman–Crippen MR) is 141 cm³/mol. The summed E-state index contributed by atoms with van der Waals surface area (Å²) in [7, 11) is 1.66. The molecule has 0 bridgehead atoms. The van der Waals surface area contributed by atoms with Crippen LogP contribution in [0.3, 0.4) is 0 Å². The number of imidazole rings is 1. The van der Waals surface area contributed by atoms with E-state index in [4.69, 9.17) is 21.3 Å². The molecule has 1 atom stereocenters. The summed E-state index contributed by atoms with van der Waals surface area (Å²) >= 11 is 6.33. The second kappa shape index (κ2) is 9.38. The Morgan fingerprint density at radius 2 is 1.71 bits per heavy atom. The Labute approximate surface area is 211 Å². The van der Waals surface area contributed by atoms with Gasteiger partial charge in [0.15, 0.2) is 0 Å². The third-order valence-corrected chi connectivity index (χ3v) is 7.16. The molecule has 3 aromatic carbocycles. The van der Waals surface area contributed by atoms with Crippen LogP contribution in [0.15, 0.2) is 54.6 Å². The highest BCUT2D eigenvalue weighted by molar-refractivity contribution is 6.31. The lowest BCUT2D eigenvalue weighted by atomic mass is 9.95. The Morgan fingerprint density at radius 3 is 2.40 bits per heavy atom. The standard InChI is InChI=1S/C29H30ClN3O2/c1-18-15-19(2)27(20(3)16-18)29(34)32-14-6-5-7-26(32)28-31-24-17-21(30)8-13-25(24)33(28)22-9-11-23(35-4)12-10-22/h8-13,15-17,26H,5-7,14H2,1-4H3. The van der Waals surface area contributed by atoms with Crippen LogP contribution in [0.4, 0.5) is 0 Å². The van der Waals surface area contributed by atoms with Crippen molar-refractivity contribution in [2.24, 2.45) is 0 Å². The van der Waals surface area contributed by atoms with Gasteiger partial charge in [-0.25, -0.2) is 4.98 Å². The molecular formula is C29H30ClN3O2. The number of benzene rings is 3. The van der Waals surface area contributed by atoms with Crippen LogP contribution in [-0.2, 0) is 0 Å². The van der Waals surface area contributed by atoms with E-state index < -0.39 is 0 Å². The summed E-state index contributed by atoms with van der Waals surface area (Å²) < 4.78 is 7.53. The molecule has 1 aliphatic rings. The average Bonchev–Trinajstić information content (AvgIpc) is 3.21. The number of halogens is 1. The van der Waals surface area contributed by atoms with E-state index in [0.29, 0.717) is 11.6 Å². The van der Waals surface area contributed by atoms with Crippen molar-refractivity contribution in [3.63, 3.8) is 0 Å². The van der Waals surface area contributed by atoms with E-state index in [1.54, 1.807) is 7.11 Å². The number of aryl methyl sites for hydroxylation is 3. The van der Waals surface area contributed by atoms with E-state index in [2.05, 4.69) is 23.6 Å². The average molecular weight is 488 g/mol. The molecular weight excluding hydrogens is 458 g/mol. The fourth-order valence-corrected chi connectivity index (χ4v) is 5.57.